The van der Waals surface area contributed by atoms with Gasteiger partial charge in [-0.25, -0.2) is 0 Å². The Morgan fingerprint density at radius 2 is 1.93 bits per heavy atom. The molecule has 0 bridgehead atoms. The van der Waals surface area contributed by atoms with Crippen molar-refractivity contribution in [3.63, 3.8) is 0 Å². The molecule has 0 fully saturated rings. The number of benzene rings is 1. The molecule has 1 aromatic carbocycles. The Balaban J connectivity index is 2.57. The highest BCUT2D eigenvalue weighted by molar-refractivity contribution is 7.99. The highest BCUT2D eigenvalue weighted by Crippen LogP contribution is 2.28. The second kappa shape index (κ2) is 4.57. The van der Waals surface area contributed by atoms with E-state index in [-0.39, 0.29) is 0 Å². The van der Waals surface area contributed by atoms with Crippen molar-refractivity contribution in [3.8, 4) is 0 Å². The van der Waals surface area contributed by atoms with Crippen molar-refractivity contribution in [2.24, 2.45) is 5.41 Å². The van der Waals surface area contributed by atoms with Crippen LogP contribution in [0, 0.1) is 5.41 Å². The molecule has 0 unspecified atom stereocenters. The van der Waals surface area contributed by atoms with Crippen LogP contribution in [0.15, 0.2) is 29.2 Å². The molecular weight excluding hydrogens is 210 g/mol. The second-order valence-electron chi connectivity index (χ2n) is 4.05. The number of rotatable bonds is 4. The Morgan fingerprint density at radius 1 is 1.40 bits per heavy atom. The monoisotopic (exact) mass is 225 g/mol. The van der Waals surface area contributed by atoms with Crippen molar-refractivity contribution in [2.75, 3.05) is 11.5 Å². The third-order valence-electron chi connectivity index (χ3n) is 2.06. The topological polar surface area (TPSA) is 63.3 Å². The summed E-state index contributed by atoms with van der Waals surface area (Å²) in [6, 6.07) is 7.43. The Morgan fingerprint density at radius 3 is 2.40 bits per heavy atom. The van der Waals surface area contributed by atoms with Gasteiger partial charge < -0.3 is 10.8 Å². The first-order valence-electron chi connectivity index (χ1n) is 4.63. The van der Waals surface area contributed by atoms with Crippen LogP contribution in [0.25, 0.3) is 0 Å². The van der Waals surface area contributed by atoms with Crippen LogP contribution in [-0.2, 0) is 4.79 Å². The summed E-state index contributed by atoms with van der Waals surface area (Å²) >= 11 is 1.53. The van der Waals surface area contributed by atoms with Crippen LogP contribution in [0.3, 0.4) is 0 Å². The van der Waals surface area contributed by atoms with E-state index in [4.69, 9.17) is 10.8 Å². The Kier molecular flexibility index (Phi) is 3.63. The smallest absolute Gasteiger partial charge is 0.309 e. The van der Waals surface area contributed by atoms with Crippen LogP contribution < -0.4 is 5.73 Å². The summed E-state index contributed by atoms with van der Waals surface area (Å²) < 4.78 is 0. The fraction of sp³-hybridized carbons (Fsp3) is 0.364. The normalized spacial score (nSPS) is 11.3. The van der Waals surface area contributed by atoms with Gasteiger partial charge in [0, 0.05) is 16.3 Å². The summed E-state index contributed by atoms with van der Waals surface area (Å²) in [4.78, 5) is 11.9. The zero-order valence-corrected chi connectivity index (χ0v) is 9.67. The molecule has 15 heavy (non-hydrogen) atoms. The van der Waals surface area contributed by atoms with Crippen LogP contribution >= 0.6 is 11.8 Å². The molecule has 0 aliphatic heterocycles. The minimum atomic E-state index is -0.773. The van der Waals surface area contributed by atoms with Crippen molar-refractivity contribution in [2.45, 2.75) is 18.7 Å². The van der Waals surface area contributed by atoms with Crippen LogP contribution in [-0.4, -0.2) is 16.8 Å². The number of nitrogen functional groups attached to an aromatic ring is 1. The molecule has 0 atom stereocenters. The molecule has 0 amide bonds. The number of hydrogen-bond acceptors (Lipinski definition) is 3. The number of hydrogen-bond donors (Lipinski definition) is 2. The molecule has 1 aromatic rings. The molecule has 4 heteroatoms. The minimum Gasteiger partial charge on any atom is -0.481 e. The number of carboxylic acid groups (broad SMARTS) is 1. The fourth-order valence-electron chi connectivity index (χ4n) is 0.890. The van der Waals surface area contributed by atoms with E-state index in [1.807, 2.05) is 24.3 Å². The van der Waals surface area contributed by atoms with Gasteiger partial charge in [-0.1, -0.05) is 0 Å². The van der Waals surface area contributed by atoms with E-state index < -0.39 is 11.4 Å². The quantitative estimate of drug-likeness (QED) is 0.610. The third-order valence-corrected chi connectivity index (χ3v) is 3.53. The van der Waals surface area contributed by atoms with Crippen LogP contribution in [0.2, 0.25) is 0 Å². The summed E-state index contributed by atoms with van der Waals surface area (Å²) in [6.07, 6.45) is 0. The maximum absolute atomic E-state index is 10.9. The highest BCUT2D eigenvalue weighted by atomic mass is 32.2. The number of thioether (sulfide) groups is 1. The molecule has 0 aromatic heterocycles. The zero-order valence-electron chi connectivity index (χ0n) is 8.86. The third kappa shape index (κ3) is 3.47. The van der Waals surface area contributed by atoms with Crippen molar-refractivity contribution in [1.29, 1.82) is 0 Å². The Hall–Kier alpha value is -1.16. The molecule has 82 valence electrons. The fourth-order valence-corrected chi connectivity index (χ4v) is 1.87. The second-order valence-corrected chi connectivity index (χ2v) is 5.10. The summed E-state index contributed by atoms with van der Waals surface area (Å²) in [5.41, 5.74) is 5.57. The van der Waals surface area contributed by atoms with E-state index in [1.54, 1.807) is 13.8 Å². The minimum absolute atomic E-state index is 0.548. The molecule has 0 aliphatic carbocycles. The van der Waals surface area contributed by atoms with E-state index in [1.165, 1.54) is 11.8 Å². The van der Waals surface area contributed by atoms with Gasteiger partial charge in [-0.05, 0) is 38.1 Å². The predicted octanol–water partition coefficient (Wildman–Crippen LogP) is 2.47. The lowest BCUT2D eigenvalue weighted by atomic mass is 9.97. The zero-order chi connectivity index (χ0) is 11.5. The largest absolute Gasteiger partial charge is 0.481 e. The van der Waals surface area contributed by atoms with Gasteiger partial charge in [0.2, 0.25) is 0 Å². The molecule has 0 aliphatic rings. The van der Waals surface area contributed by atoms with Crippen LogP contribution in [0.4, 0.5) is 5.69 Å². The van der Waals surface area contributed by atoms with Gasteiger partial charge in [-0.3, -0.25) is 4.79 Å². The summed E-state index contributed by atoms with van der Waals surface area (Å²) in [7, 11) is 0. The first kappa shape index (κ1) is 11.9. The van der Waals surface area contributed by atoms with E-state index in [0.29, 0.717) is 5.75 Å². The van der Waals surface area contributed by atoms with Crippen LogP contribution in [0.5, 0.6) is 0 Å². The average Bonchev–Trinajstić information content (AvgIpc) is 2.17. The van der Waals surface area contributed by atoms with Gasteiger partial charge in [-0.2, -0.15) is 0 Å². The molecule has 3 N–H and O–H groups in total. The number of aliphatic carboxylic acids is 1. The predicted molar refractivity (Wildman–Crippen MR) is 63.0 cm³/mol. The molecular formula is C11H15NO2S. The summed E-state index contributed by atoms with van der Waals surface area (Å²) in [5.74, 6) is -0.225. The number of anilines is 1. The summed E-state index contributed by atoms with van der Waals surface area (Å²) in [5, 5.41) is 8.93. The Labute approximate surface area is 93.7 Å². The lowest BCUT2D eigenvalue weighted by Gasteiger charge is -2.18. The first-order chi connectivity index (χ1) is 6.92. The lowest BCUT2D eigenvalue weighted by molar-refractivity contribution is -0.145. The van der Waals surface area contributed by atoms with Gasteiger partial charge in [0.25, 0.3) is 0 Å². The maximum Gasteiger partial charge on any atom is 0.309 e. The molecule has 3 nitrogen and oxygen atoms in total. The van der Waals surface area contributed by atoms with E-state index in [2.05, 4.69) is 0 Å². The van der Waals surface area contributed by atoms with Gasteiger partial charge in [0.05, 0.1) is 5.41 Å². The van der Waals surface area contributed by atoms with Crippen LogP contribution in [0.1, 0.15) is 13.8 Å². The van der Waals surface area contributed by atoms with Crippen molar-refractivity contribution in [1.82, 2.24) is 0 Å². The standard InChI is InChI=1S/C11H15NO2S/c1-11(2,10(13)14)7-15-9-5-3-8(12)4-6-9/h3-6H,7,12H2,1-2H3,(H,13,14). The molecule has 0 saturated carbocycles. The van der Waals surface area contributed by atoms with Gasteiger partial charge >= 0.3 is 5.97 Å². The molecule has 0 radical (unpaired) electrons. The SMILES string of the molecule is CC(C)(CSc1ccc(N)cc1)C(=O)O. The van der Waals surface area contributed by atoms with Crippen molar-refractivity contribution >= 4 is 23.4 Å². The van der Waals surface area contributed by atoms with Gasteiger partial charge in [0.1, 0.15) is 0 Å². The molecule has 0 saturated heterocycles. The van der Waals surface area contributed by atoms with Gasteiger partial charge in [-0.15, -0.1) is 11.8 Å². The average molecular weight is 225 g/mol. The maximum atomic E-state index is 10.9. The van der Waals surface area contributed by atoms with Crippen molar-refractivity contribution in [3.05, 3.63) is 24.3 Å². The highest BCUT2D eigenvalue weighted by Gasteiger charge is 2.26. The van der Waals surface area contributed by atoms with E-state index in [0.717, 1.165) is 10.6 Å². The molecule has 0 heterocycles. The number of nitrogens with two attached hydrogens (primary N) is 1. The van der Waals surface area contributed by atoms with E-state index in [9.17, 15) is 4.79 Å². The summed E-state index contributed by atoms with van der Waals surface area (Å²) in [6.45, 7) is 3.44. The number of carboxylic acids is 1. The molecule has 0 spiro atoms. The Bertz CT molecular complexity index is 346. The van der Waals surface area contributed by atoms with Gasteiger partial charge in [0.15, 0.2) is 0 Å². The number of carbonyl (C=O) groups is 1. The molecule has 1 rings (SSSR count). The van der Waals surface area contributed by atoms with E-state index >= 15 is 0 Å². The lowest BCUT2D eigenvalue weighted by Crippen LogP contribution is -2.26. The first-order valence-corrected chi connectivity index (χ1v) is 5.62. The van der Waals surface area contributed by atoms with Crippen molar-refractivity contribution < 1.29 is 9.90 Å².